The molecule has 1 heterocycles. The van der Waals surface area contributed by atoms with Crippen molar-refractivity contribution in [2.75, 3.05) is 5.43 Å². The molecule has 0 saturated heterocycles. The van der Waals surface area contributed by atoms with E-state index in [4.69, 9.17) is 11.1 Å². The van der Waals surface area contributed by atoms with Gasteiger partial charge in [0.2, 0.25) is 0 Å². The normalized spacial score (nSPS) is 9.60. The van der Waals surface area contributed by atoms with Crippen molar-refractivity contribution in [3.8, 4) is 6.07 Å². The molecule has 0 radical (unpaired) electrons. The fourth-order valence-corrected chi connectivity index (χ4v) is 1.61. The second-order valence-electron chi connectivity index (χ2n) is 4.04. The molecule has 0 saturated carbocycles. The molecule has 6 nitrogen and oxygen atoms in total. The van der Waals surface area contributed by atoms with Gasteiger partial charge in [0.05, 0.1) is 11.6 Å². The van der Waals surface area contributed by atoms with Gasteiger partial charge in [-0.1, -0.05) is 18.2 Å². The Bertz CT molecular complexity index is 645. The number of pyridine rings is 1. The first-order valence-electron chi connectivity index (χ1n) is 5.94. The fraction of sp³-hybridized carbons (Fsp3) is 0.0714. The van der Waals surface area contributed by atoms with Gasteiger partial charge in [0.25, 0.3) is 5.91 Å². The molecule has 6 heteroatoms. The standard InChI is InChI=1S/C14H13N5O/c15-8-10-4-6-11(7-5-10)9-17-14(20)12-2-1-3-13(18-12)19-16/h1-7H,9,16H2,(H,17,20)(H,18,19). The molecule has 0 aliphatic rings. The molecule has 0 unspecified atom stereocenters. The van der Waals surface area contributed by atoms with E-state index < -0.39 is 0 Å². The van der Waals surface area contributed by atoms with E-state index in [0.717, 1.165) is 5.56 Å². The molecule has 20 heavy (non-hydrogen) atoms. The van der Waals surface area contributed by atoms with Crippen LogP contribution in [0, 0.1) is 11.3 Å². The number of nitrogen functional groups attached to an aromatic ring is 1. The Morgan fingerprint density at radius 1 is 1.25 bits per heavy atom. The molecule has 0 fully saturated rings. The summed E-state index contributed by atoms with van der Waals surface area (Å²) in [7, 11) is 0. The first-order valence-corrected chi connectivity index (χ1v) is 5.94. The zero-order valence-corrected chi connectivity index (χ0v) is 10.6. The van der Waals surface area contributed by atoms with Crippen LogP contribution in [0.25, 0.3) is 0 Å². The van der Waals surface area contributed by atoms with Gasteiger partial charge in [0.15, 0.2) is 0 Å². The van der Waals surface area contributed by atoms with Gasteiger partial charge in [-0.05, 0) is 29.8 Å². The summed E-state index contributed by atoms with van der Waals surface area (Å²) in [5.41, 5.74) is 4.17. The van der Waals surface area contributed by atoms with Gasteiger partial charge in [-0.2, -0.15) is 5.26 Å². The van der Waals surface area contributed by atoms with Gasteiger partial charge >= 0.3 is 0 Å². The molecule has 4 N–H and O–H groups in total. The van der Waals surface area contributed by atoms with Crippen LogP contribution in [0.15, 0.2) is 42.5 Å². The van der Waals surface area contributed by atoms with Crippen LogP contribution in [0.1, 0.15) is 21.6 Å². The highest BCUT2D eigenvalue weighted by atomic mass is 16.1. The van der Waals surface area contributed by atoms with Crippen molar-refractivity contribution in [3.63, 3.8) is 0 Å². The second kappa shape index (κ2) is 6.31. The Balaban J connectivity index is 1.99. The SMILES string of the molecule is N#Cc1ccc(CNC(=O)c2cccc(NN)n2)cc1. The lowest BCUT2D eigenvalue weighted by molar-refractivity contribution is 0.0946. The zero-order valence-electron chi connectivity index (χ0n) is 10.6. The second-order valence-corrected chi connectivity index (χ2v) is 4.04. The zero-order chi connectivity index (χ0) is 14.4. The molecule has 0 atom stereocenters. The van der Waals surface area contributed by atoms with Gasteiger partial charge in [-0.15, -0.1) is 0 Å². The number of hydrazine groups is 1. The third-order valence-electron chi connectivity index (χ3n) is 2.67. The predicted octanol–water partition coefficient (Wildman–Crippen LogP) is 1.17. The van der Waals surface area contributed by atoms with Crippen molar-refractivity contribution >= 4 is 11.7 Å². The number of carbonyl (C=O) groups is 1. The number of hydrogen-bond donors (Lipinski definition) is 3. The lowest BCUT2D eigenvalue weighted by Gasteiger charge is -2.06. The third kappa shape index (κ3) is 3.31. The first-order chi connectivity index (χ1) is 9.72. The summed E-state index contributed by atoms with van der Waals surface area (Å²) in [4.78, 5) is 16.0. The van der Waals surface area contributed by atoms with Gasteiger partial charge in [-0.25, -0.2) is 10.8 Å². The van der Waals surface area contributed by atoms with E-state index in [9.17, 15) is 4.79 Å². The average molecular weight is 267 g/mol. The number of nitrogens with two attached hydrogens (primary N) is 1. The molecule has 1 aromatic carbocycles. The summed E-state index contributed by atoms with van der Waals surface area (Å²) >= 11 is 0. The molecule has 0 aliphatic heterocycles. The molecule has 2 rings (SSSR count). The van der Waals surface area contributed by atoms with Crippen molar-refractivity contribution in [2.24, 2.45) is 5.84 Å². The van der Waals surface area contributed by atoms with E-state index in [1.54, 1.807) is 42.5 Å². The van der Waals surface area contributed by atoms with Crippen LogP contribution in [-0.2, 0) is 6.54 Å². The molecular weight excluding hydrogens is 254 g/mol. The summed E-state index contributed by atoms with van der Waals surface area (Å²) in [5, 5.41) is 11.5. The molecule has 100 valence electrons. The van der Waals surface area contributed by atoms with Crippen LogP contribution < -0.4 is 16.6 Å². The Kier molecular flexibility index (Phi) is 4.27. The lowest BCUT2D eigenvalue weighted by atomic mass is 10.1. The van der Waals surface area contributed by atoms with Crippen molar-refractivity contribution in [2.45, 2.75) is 6.54 Å². The topological polar surface area (TPSA) is 104 Å². The smallest absolute Gasteiger partial charge is 0.270 e. The van der Waals surface area contributed by atoms with Crippen molar-refractivity contribution in [1.82, 2.24) is 10.3 Å². The van der Waals surface area contributed by atoms with Gasteiger partial charge in [0, 0.05) is 6.54 Å². The number of carbonyl (C=O) groups excluding carboxylic acids is 1. The Morgan fingerprint density at radius 3 is 2.65 bits per heavy atom. The molecule has 1 amide bonds. The fourth-order valence-electron chi connectivity index (χ4n) is 1.61. The average Bonchev–Trinajstić information content (AvgIpc) is 2.53. The monoisotopic (exact) mass is 267 g/mol. The summed E-state index contributed by atoms with van der Waals surface area (Å²) in [6, 6.07) is 14.0. The van der Waals surface area contributed by atoms with Gasteiger partial charge in [-0.3, -0.25) is 4.79 Å². The minimum Gasteiger partial charge on any atom is -0.347 e. The summed E-state index contributed by atoms with van der Waals surface area (Å²) in [6.45, 7) is 0.368. The maximum atomic E-state index is 11.9. The molecule has 0 bridgehead atoms. The number of nitriles is 1. The van der Waals surface area contributed by atoms with Crippen molar-refractivity contribution in [3.05, 3.63) is 59.3 Å². The summed E-state index contributed by atoms with van der Waals surface area (Å²) < 4.78 is 0. The highest BCUT2D eigenvalue weighted by Crippen LogP contribution is 2.05. The van der Waals surface area contributed by atoms with Crippen molar-refractivity contribution in [1.29, 1.82) is 5.26 Å². The van der Waals surface area contributed by atoms with Gasteiger partial charge in [0.1, 0.15) is 11.5 Å². The molecule has 2 aromatic rings. The molecule has 1 aromatic heterocycles. The van der Waals surface area contributed by atoms with E-state index in [0.29, 0.717) is 17.9 Å². The number of nitrogens with one attached hydrogen (secondary N) is 2. The Hall–Kier alpha value is -2.91. The minimum absolute atomic E-state index is 0.286. The Labute approximate surface area is 116 Å². The number of amides is 1. The molecular formula is C14H13N5O. The molecule has 0 spiro atoms. The number of aromatic nitrogens is 1. The minimum atomic E-state index is -0.286. The third-order valence-corrected chi connectivity index (χ3v) is 2.67. The van der Waals surface area contributed by atoms with E-state index >= 15 is 0 Å². The van der Waals surface area contributed by atoms with E-state index in [2.05, 4.69) is 15.7 Å². The number of hydrogen-bond acceptors (Lipinski definition) is 5. The van der Waals surface area contributed by atoms with Crippen LogP contribution in [-0.4, -0.2) is 10.9 Å². The summed E-state index contributed by atoms with van der Waals surface area (Å²) in [6.07, 6.45) is 0. The highest BCUT2D eigenvalue weighted by molar-refractivity contribution is 5.92. The van der Waals surface area contributed by atoms with E-state index in [1.165, 1.54) is 0 Å². The van der Waals surface area contributed by atoms with Crippen molar-refractivity contribution < 1.29 is 4.79 Å². The maximum Gasteiger partial charge on any atom is 0.270 e. The Morgan fingerprint density at radius 2 is 2.00 bits per heavy atom. The van der Waals surface area contributed by atoms with E-state index in [1.807, 2.05) is 6.07 Å². The highest BCUT2D eigenvalue weighted by Gasteiger charge is 2.07. The van der Waals surface area contributed by atoms with Crippen LogP contribution in [0.5, 0.6) is 0 Å². The molecule has 0 aliphatic carbocycles. The largest absolute Gasteiger partial charge is 0.347 e. The summed E-state index contributed by atoms with van der Waals surface area (Å²) in [5.74, 6) is 5.38. The van der Waals surface area contributed by atoms with Crippen LogP contribution in [0.2, 0.25) is 0 Å². The quantitative estimate of drug-likeness (QED) is 0.570. The number of nitrogens with zero attached hydrogens (tertiary/aromatic N) is 2. The van der Waals surface area contributed by atoms with Crippen LogP contribution in [0.4, 0.5) is 5.82 Å². The lowest BCUT2D eigenvalue weighted by Crippen LogP contribution is -2.24. The van der Waals surface area contributed by atoms with Gasteiger partial charge < -0.3 is 10.7 Å². The number of benzene rings is 1. The van der Waals surface area contributed by atoms with E-state index in [-0.39, 0.29) is 11.6 Å². The van der Waals surface area contributed by atoms with Crippen LogP contribution in [0.3, 0.4) is 0 Å². The maximum absolute atomic E-state index is 11.9. The van der Waals surface area contributed by atoms with Crippen LogP contribution >= 0.6 is 0 Å². The number of anilines is 1. The predicted molar refractivity (Wildman–Crippen MR) is 74.4 cm³/mol. The first kappa shape index (κ1) is 13.5. The number of rotatable bonds is 4.